The quantitative estimate of drug-likeness (QED) is 0.116. The van der Waals surface area contributed by atoms with Gasteiger partial charge < -0.3 is 29.0 Å². The number of ether oxygens (including phenoxy) is 5. The van der Waals surface area contributed by atoms with E-state index in [9.17, 15) is 19.2 Å². The number of anilines is 1. The molecule has 0 bridgehead atoms. The first-order chi connectivity index (χ1) is 20.9. The van der Waals surface area contributed by atoms with Crippen molar-refractivity contribution in [1.29, 1.82) is 0 Å². The van der Waals surface area contributed by atoms with Gasteiger partial charge in [0.1, 0.15) is 29.7 Å². The van der Waals surface area contributed by atoms with Crippen LogP contribution in [-0.4, -0.2) is 69.0 Å². The maximum absolute atomic E-state index is 15.7. The number of alkyl halides is 3. The molecule has 1 amide bonds. The number of amides is 1. The van der Waals surface area contributed by atoms with E-state index in [1.165, 1.54) is 46.1 Å². The molecule has 1 aromatic heterocycles. The molecule has 256 valence electrons. The first kappa shape index (κ1) is 38.4. The van der Waals surface area contributed by atoms with Crippen molar-refractivity contribution < 1.29 is 46.8 Å². The molecule has 12 nitrogen and oxygen atoms in total. The van der Waals surface area contributed by atoms with Gasteiger partial charge in [-0.1, -0.05) is 54.5 Å². The Balaban J connectivity index is 2.07. The fraction of sp³-hybridized carbons (Fsp3) is 0.767. The molecule has 1 aromatic rings. The van der Waals surface area contributed by atoms with Crippen molar-refractivity contribution in [1.82, 2.24) is 9.55 Å². The summed E-state index contributed by atoms with van der Waals surface area (Å²) in [6.45, 7) is 8.52. The summed E-state index contributed by atoms with van der Waals surface area (Å²) in [5, 5.41) is 3.53. The zero-order valence-electron chi connectivity index (χ0n) is 26.9. The largest absolute Gasteiger partial charge is 0.509 e. The van der Waals surface area contributed by atoms with Gasteiger partial charge in [0, 0.05) is 17.9 Å². The minimum absolute atomic E-state index is 0.110. The van der Waals surface area contributed by atoms with Crippen LogP contribution in [0.15, 0.2) is 17.1 Å². The Morgan fingerprint density at radius 1 is 0.956 bits per heavy atom. The Bertz CT molecular complexity index is 1180. The fourth-order valence-corrected chi connectivity index (χ4v) is 4.76. The highest BCUT2D eigenvalue weighted by molar-refractivity contribution is 9.09. The third-order valence-corrected chi connectivity index (χ3v) is 6.92. The van der Waals surface area contributed by atoms with Gasteiger partial charge in [-0.3, -0.25) is 9.36 Å². The van der Waals surface area contributed by atoms with Gasteiger partial charge >= 0.3 is 23.9 Å². The molecule has 2 heterocycles. The molecule has 45 heavy (non-hydrogen) atoms. The Kier molecular flexibility index (Phi) is 14.7. The van der Waals surface area contributed by atoms with Crippen LogP contribution in [0.4, 0.5) is 24.2 Å². The zero-order valence-corrected chi connectivity index (χ0v) is 28.5. The van der Waals surface area contributed by atoms with Crippen LogP contribution in [-0.2, 0) is 28.5 Å². The monoisotopic (exact) mass is 709 g/mol. The second-order valence-corrected chi connectivity index (χ2v) is 13.6. The van der Waals surface area contributed by atoms with Gasteiger partial charge in [-0.25, -0.2) is 14.4 Å². The molecule has 0 radical (unpaired) electrons. The van der Waals surface area contributed by atoms with Crippen molar-refractivity contribution in [3.8, 4) is 0 Å². The molecule has 0 spiro atoms. The van der Waals surface area contributed by atoms with E-state index < -0.39 is 60.2 Å². The predicted octanol–water partition coefficient (Wildman–Crippen LogP) is 6.89. The van der Waals surface area contributed by atoms with Crippen LogP contribution < -0.4 is 11.0 Å². The van der Waals surface area contributed by atoms with Crippen molar-refractivity contribution >= 4 is 40.0 Å². The summed E-state index contributed by atoms with van der Waals surface area (Å²) in [6.07, 6.45) is 0.752. The van der Waals surface area contributed by atoms with E-state index in [2.05, 4.69) is 26.2 Å². The first-order valence-corrected chi connectivity index (χ1v) is 16.3. The number of carbonyl (C=O) groups excluding carboxylic acids is 3. The van der Waals surface area contributed by atoms with Crippen LogP contribution in [0, 0.1) is 0 Å². The smallest absolute Gasteiger partial charge is 0.431 e. The number of hydrogen-bond donors (Lipinski definition) is 1. The number of aromatic nitrogens is 2. The number of halogens is 3. The molecule has 0 saturated carbocycles. The molecular weight excluding hydrogens is 664 g/mol. The van der Waals surface area contributed by atoms with Crippen molar-refractivity contribution in [2.24, 2.45) is 0 Å². The summed E-state index contributed by atoms with van der Waals surface area (Å²) >= 11 is 3.42. The highest BCUT2D eigenvalue weighted by atomic mass is 79.9. The summed E-state index contributed by atoms with van der Waals surface area (Å²) in [7, 11) is 0. The van der Waals surface area contributed by atoms with E-state index in [0.29, 0.717) is 11.0 Å². The molecule has 3 atom stereocenters. The summed E-state index contributed by atoms with van der Waals surface area (Å²) in [6, 6.07) is 1.18. The molecule has 15 heteroatoms. The second kappa shape index (κ2) is 17.2. The van der Waals surface area contributed by atoms with Crippen LogP contribution in [0.25, 0.3) is 0 Å². The van der Waals surface area contributed by atoms with Crippen LogP contribution in [0.3, 0.4) is 0 Å². The Morgan fingerprint density at radius 3 is 2.07 bits per heavy atom. The van der Waals surface area contributed by atoms with Crippen LogP contribution in [0.5, 0.6) is 0 Å². The molecule has 1 aliphatic heterocycles. The summed E-state index contributed by atoms with van der Waals surface area (Å²) < 4.78 is 57.3. The Morgan fingerprint density at radius 2 is 1.51 bits per heavy atom. The molecule has 2 rings (SSSR count). The fourth-order valence-electron chi connectivity index (χ4n) is 4.36. The number of rotatable bonds is 15. The van der Waals surface area contributed by atoms with Gasteiger partial charge in [0.2, 0.25) is 18.2 Å². The zero-order chi connectivity index (χ0) is 33.8. The average molecular weight is 711 g/mol. The average Bonchev–Trinajstić information content (AvgIpc) is 3.13. The molecule has 1 fully saturated rings. The number of nitrogens with one attached hydrogen (secondary N) is 1. The Hall–Kier alpha value is -2.81. The van der Waals surface area contributed by atoms with E-state index in [1.54, 1.807) is 20.8 Å². The topological polar surface area (TPSA) is 144 Å². The van der Waals surface area contributed by atoms with Crippen LogP contribution in [0.1, 0.15) is 106 Å². The molecule has 1 saturated heterocycles. The minimum atomic E-state index is -4.00. The lowest BCUT2D eigenvalue weighted by molar-refractivity contribution is -0.149. The molecule has 0 aliphatic carbocycles. The maximum atomic E-state index is 15.7. The first-order valence-electron chi connectivity index (χ1n) is 15.2. The van der Waals surface area contributed by atoms with Crippen molar-refractivity contribution in [2.45, 2.75) is 135 Å². The lowest BCUT2D eigenvalue weighted by Gasteiger charge is -2.26. The van der Waals surface area contributed by atoms with E-state index in [1.807, 2.05) is 0 Å². The van der Waals surface area contributed by atoms with Crippen molar-refractivity contribution in [3.05, 3.63) is 22.7 Å². The SMILES string of the molecule is CC(C)(C)OC(=O)OC[C@H]1O[C@@H](n2ccc(NC(=O)CCCCCCCCCCBr)nc2=O)C(F)(F)[C@@H]1OC(=O)OC(C)(C)C. The Labute approximate surface area is 271 Å². The lowest BCUT2D eigenvalue weighted by atomic mass is 10.1. The highest BCUT2D eigenvalue weighted by Crippen LogP contribution is 2.44. The predicted molar refractivity (Wildman–Crippen MR) is 165 cm³/mol. The number of carbonyl (C=O) groups is 3. The number of nitrogens with zero attached hydrogens (tertiary/aromatic N) is 2. The summed E-state index contributed by atoms with van der Waals surface area (Å²) in [5.41, 5.74) is -3.13. The van der Waals surface area contributed by atoms with Crippen molar-refractivity contribution in [3.63, 3.8) is 0 Å². The van der Waals surface area contributed by atoms with Crippen LogP contribution in [0.2, 0.25) is 0 Å². The van der Waals surface area contributed by atoms with E-state index >= 15 is 8.78 Å². The minimum Gasteiger partial charge on any atom is -0.431 e. The lowest BCUT2D eigenvalue weighted by Crippen LogP contribution is -2.45. The maximum Gasteiger partial charge on any atom is 0.509 e. The standard InChI is InChI=1S/C30H46BrF2N3O9/c1-28(2,3)44-26(39)41-19-20-23(43-27(40)45-29(4,5)6)30(32,33)24(42-20)36-18-16-21(35-25(36)38)34-22(37)15-13-11-9-7-8-10-12-14-17-31/h16,18,20,23-24H,7-15,17,19H2,1-6H3,(H,34,35,37,38)/t20-,23-,24-/m1/s1. The van der Waals surface area contributed by atoms with Gasteiger partial charge in [0.25, 0.3) is 0 Å². The highest BCUT2D eigenvalue weighted by Gasteiger charge is 2.63. The molecule has 0 aromatic carbocycles. The third-order valence-electron chi connectivity index (χ3n) is 6.36. The van der Waals surface area contributed by atoms with Gasteiger partial charge in [-0.15, -0.1) is 0 Å². The number of unbranched alkanes of at least 4 members (excludes halogenated alkanes) is 7. The molecule has 0 unspecified atom stereocenters. The molecular formula is C30H46BrF2N3O9. The van der Waals surface area contributed by atoms with Crippen LogP contribution >= 0.6 is 15.9 Å². The number of hydrogen-bond acceptors (Lipinski definition) is 10. The van der Waals surface area contributed by atoms with E-state index in [-0.39, 0.29) is 18.1 Å². The van der Waals surface area contributed by atoms with E-state index in [4.69, 9.17) is 23.7 Å². The molecule has 1 N–H and O–H groups in total. The second-order valence-electron chi connectivity index (χ2n) is 12.8. The van der Waals surface area contributed by atoms with Crippen molar-refractivity contribution in [2.75, 3.05) is 17.3 Å². The molecule has 1 aliphatic rings. The third kappa shape index (κ3) is 13.6. The van der Waals surface area contributed by atoms with Gasteiger partial charge in [0.15, 0.2) is 0 Å². The normalized spacial score (nSPS) is 19.5. The van der Waals surface area contributed by atoms with E-state index in [0.717, 1.165) is 37.2 Å². The summed E-state index contributed by atoms with van der Waals surface area (Å²) in [5.74, 6) is -4.46. The van der Waals surface area contributed by atoms with Gasteiger partial charge in [0.05, 0.1) is 0 Å². The van der Waals surface area contributed by atoms with Gasteiger partial charge in [-0.05, 0) is 60.5 Å². The van der Waals surface area contributed by atoms with Gasteiger partial charge in [-0.2, -0.15) is 13.8 Å². The summed E-state index contributed by atoms with van der Waals surface area (Å²) in [4.78, 5) is 53.3.